The van der Waals surface area contributed by atoms with Gasteiger partial charge >= 0.3 is 0 Å². The van der Waals surface area contributed by atoms with Gasteiger partial charge in [-0.05, 0) is 72.9 Å². The van der Waals surface area contributed by atoms with Crippen molar-refractivity contribution >= 4 is 50.5 Å². The Morgan fingerprint density at radius 3 is 2.67 bits per heavy atom. The molecule has 36 heavy (non-hydrogen) atoms. The standard InChI is InChI=1S/C27H24BrClN4O2S/c1-34-14-15-35-24-11-10-20(17-21(24)29)33-26(25(31-27(33)36)22-8-2-3-12-30-22)23-9-5-13-32(23)19-7-4-6-18(28)16-19/h2-13,16-17,25-26H,14-15H2,1H3,(H,31,36). The van der Waals surface area contributed by atoms with Crippen molar-refractivity contribution in [2.24, 2.45) is 0 Å². The van der Waals surface area contributed by atoms with E-state index in [2.05, 4.69) is 60.1 Å². The lowest BCUT2D eigenvalue weighted by molar-refractivity contribution is 0.146. The van der Waals surface area contributed by atoms with Gasteiger partial charge in [-0.15, -0.1) is 0 Å². The predicted octanol–water partition coefficient (Wildman–Crippen LogP) is 6.49. The molecule has 0 amide bonds. The summed E-state index contributed by atoms with van der Waals surface area (Å²) in [5.74, 6) is 0.603. The highest BCUT2D eigenvalue weighted by Crippen LogP contribution is 2.43. The first-order valence-corrected chi connectivity index (χ1v) is 13.0. The Morgan fingerprint density at radius 1 is 1.03 bits per heavy atom. The number of nitrogens with one attached hydrogen (secondary N) is 1. The molecule has 0 bridgehead atoms. The molecule has 4 aromatic rings. The smallest absolute Gasteiger partial charge is 0.174 e. The molecule has 0 saturated carbocycles. The number of halogens is 2. The summed E-state index contributed by atoms with van der Waals surface area (Å²) < 4.78 is 14.0. The van der Waals surface area contributed by atoms with Crippen LogP contribution in [0.4, 0.5) is 5.69 Å². The molecule has 2 unspecified atom stereocenters. The lowest BCUT2D eigenvalue weighted by atomic mass is 10.0. The number of nitrogens with zero attached hydrogens (tertiary/aromatic N) is 3. The monoisotopic (exact) mass is 582 g/mol. The number of rotatable bonds is 8. The summed E-state index contributed by atoms with van der Waals surface area (Å²) in [7, 11) is 1.64. The fourth-order valence-corrected chi connectivity index (χ4v) is 5.38. The van der Waals surface area contributed by atoms with E-state index >= 15 is 0 Å². The first-order chi connectivity index (χ1) is 17.6. The van der Waals surface area contributed by atoms with Crippen LogP contribution >= 0.6 is 39.7 Å². The lowest BCUT2D eigenvalue weighted by Gasteiger charge is -2.29. The molecule has 6 nitrogen and oxygen atoms in total. The van der Waals surface area contributed by atoms with E-state index in [0.29, 0.717) is 29.1 Å². The molecule has 1 saturated heterocycles. The lowest BCUT2D eigenvalue weighted by Crippen LogP contribution is -2.30. The van der Waals surface area contributed by atoms with E-state index < -0.39 is 0 Å². The average molecular weight is 584 g/mol. The molecule has 1 N–H and O–H groups in total. The van der Waals surface area contributed by atoms with Crippen molar-refractivity contribution in [1.29, 1.82) is 0 Å². The molecule has 2 aromatic heterocycles. The number of pyridine rings is 1. The number of aromatic nitrogens is 2. The van der Waals surface area contributed by atoms with Crippen LogP contribution in [0.5, 0.6) is 5.75 Å². The zero-order chi connectivity index (χ0) is 25.1. The SMILES string of the molecule is COCCOc1ccc(N2C(=S)NC(c3ccccn3)C2c2cccn2-c2cccc(Br)c2)cc1Cl. The van der Waals surface area contributed by atoms with E-state index in [0.717, 1.165) is 27.2 Å². The van der Waals surface area contributed by atoms with Crippen LogP contribution in [0.1, 0.15) is 23.5 Å². The van der Waals surface area contributed by atoms with Gasteiger partial charge in [0, 0.05) is 41.0 Å². The van der Waals surface area contributed by atoms with Crippen molar-refractivity contribution in [3.63, 3.8) is 0 Å². The van der Waals surface area contributed by atoms with Crippen molar-refractivity contribution in [1.82, 2.24) is 14.9 Å². The fraction of sp³-hybridized carbons (Fsp3) is 0.185. The zero-order valence-corrected chi connectivity index (χ0v) is 22.6. The third kappa shape index (κ3) is 4.99. The second kappa shape index (κ2) is 11.0. The van der Waals surface area contributed by atoms with E-state index in [1.807, 2.05) is 54.6 Å². The van der Waals surface area contributed by atoms with Crippen LogP contribution in [-0.2, 0) is 4.74 Å². The minimum atomic E-state index is -0.183. The van der Waals surface area contributed by atoms with Crippen LogP contribution in [0.15, 0.2) is 89.7 Å². The highest BCUT2D eigenvalue weighted by atomic mass is 79.9. The maximum Gasteiger partial charge on any atom is 0.174 e. The summed E-state index contributed by atoms with van der Waals surface area (Å²) in [5.41, 5.74) is 3.87. The Morgan fingerprint density at radius 2 is 1.92 bits per heavy atom. The molecule has 2 atom stereocenters. The van der Waals surface area contributed by atoms with E-state index in [9.17, 15) is 0 Å². The van der Waals surface area contributed by atoms with Crippen LogP contribution in [0, 0.1) is 0 Å². The van der Waals surface area contributed by atoms with Crippen LogP contribution in [0.3, 0.4) is 0 Å². The van der Waals surface area contributed by atoms with Crippen molar-refractivity contribution in [2.45, 2.75) is 12.1 Å². The largest absolute Gasteiger partial charge is 0.490 e. The molecule has 2 aromatic carbocycles. The molecule has 3 heterocycles. The van der Waals surface area contributed by atoms with Crippen LogP contribution in [0.2, 0.25) is 5.02 Å². The van der Waals surface area contributed by atoms with Crippen molar-refractivity contribution < 1.29 is 9.47 Å². The summed E-state index contributed by atoms with van der Waals surface area (Å²) in [5, 5.41) is 4.61. The van der Waals surface area contributed by atoms with Gasteiger partial charge in [-0.25, -0.2) is 0 Å². The van der Waals surface area contributed by atoms with E-state index in [-0.39, 0.29) is 12.1 Å². The van der Waals surface area contributed by atoms with Gasteiger partial charge in [0.25, 0.3) is 0 Å². The Labute approximate surface area is 228 Å². The van der Waals surface area contributed by atoms with Crippen molar-refractivity contribution in [3.8, 4) is 11.4 Å². The molecule has 0 aliphatic carbocycles. The number of anilines is 1. The summed E-state index contributed by atoms with van der Waals surface area (Å²) in [4.78, 5) is 6.75. The summed E-state index contributed by atoms with van der Waals surface area (Å²) in [6.07, 6.45) is 3.86. The van der Waals surface area contributed by atoms with Gasteiger partial charge in [0.1, 0.15) is 18.4 Å². The number of ether oxygens (including phenoxy) is 2. The van der Waals surface area contributed by atoms with Crippen molar-refractivity contribution in [3.05, 3.63) is 106 Å². The molecule has 184 valence electrons. The number of methoxy groups -OCH3 is 1. The van der Waals surface area contributed by atoms with Crippen LogP contribution in [-0.4, -0.2) is 35.0 Å². The summed E-state index contributed by atoms with van der Waals surface area (Å²) >= 11 is 16.1. The average Bonchev–Trinajstić information content (AvgIpc) is 3.50. The fourth-order valence-electron chi connectivity index (χ4n) is 4.42. The topological polar surface area (TPSA) is 51.6 Å². The quantitative estimate of drug-likeness (QED) is 0.189. The third-order valence-electron chi connectivity index (χ3n) is 6.01. The number of benzene rings is 2. The Balaban J connectivity index is 1.59. The van der Waals surface area contributed by atoms with Crippen LogP contribution in [0.25, 0.3) is 5.69 Å². The zero-order valence-electron chi connectivity index (χ0n) is 19.5. The van der Waals surface area contributed by atoms with Gasteiger partial charge < -0.3 is 24.3 Å². The maximum absolute atomic E-state index is 6.63. The second-order valence-corrected chi connectivity index (χ2v) is 9.95. The van der Waals surface area contributed by atoms with Gasteiger partial charge in [0.15, 0.2) is 5.11 Å². The molecule has 0 spiro atoms. The predicted molar refractivity (Wildman–Crippen MR) is 150 cm³/mol. The summed E-state index contributed by atoms with van der Waals surface area (Å²) in [6.45, 7) is 0.905. The summed E-state index contributed by atoms with van der Waals surface area (Å²) in [6, 6.07) is 23.7. The number of hydrogen-bond acceptors (Lipinski definition) is 4. The highest BCUT2D eigenvalue weighted by Gasteiger charge is 2.42. The van der Waals surface area contributed by atoms with Gasteiger partial charge in [-0.2, -0.15) is 0 Å². The molecule has 1 aliphatic rings. The normalized spacial score (nSPS) is 17.3. The first kappa shape index (κ1) is 24.8. The molecule has 5 rings (SSSR count). The number of hydrogen-bond donors (Lipinski definition) is 1. The Bertz CT molecular complexity index is 1370. The second-order valence-electron chi connectivity index (χ2n) is 8.24. The van der Waals surface area contributed by atoms with Gasteiger partial charge in [0.05, 0.1) is 23.4 Å². The van der Waals surface area contributed by atoms with E-state index in [4.69, 9.17) is 33.3 Å². The van der Waals surface area contributed by atoms with Gasteiger partial charge in [-0.1, -0.05) is 39.7 Å². The minimum absolute atomic E-state index is 0.170. The highest BCUT2D eigenvalue weighted by molar-refractivity contribution is 9.10. The number of thiocarbonyl (C=S) groups is 1. The third-order valence-corrected chi connectivity index (χ3v) is 7.11. The van der Waals surface area contributed by atoms with E-state index in [1.165, 1.54) is 0 Å². The molecule has 1 aliphatic heterocycles. The Kier molecular flexibility index (Phi) is 7.57. The minimum Gasteiger partial charge on any atom is -0.490 e. The van der Waals surface area contributed by atoms with Crippen LogP contribution < -0.4 is 15.0 Å². The first-order valence-electron chi connectivity index (χ1n) is 11.4. The molecule has 0 radical (unpaired) electrons. The molecular formula is C27H24BrClN4O2S. The maximum atomic E-state index is 6.63. The molecule has 9 heteroatoms. The van der Waals surface area contributed by atoms with E-state index in [1.54, 1.807) is 13.3 Å². The molecule has 1 fully saturated rings. The van der Waals surface area contributed by atoms with Crippen molar-refractivity contribution in [2.75, 3.05) is 25.2 Å². The van der Waals surface area contributed by atoms with Gasteiger partial charge in [-0.3, -0.25) is 4.98 Å². The van der Waals surface area contributed by atoms with Gasteiger partial charge in [0.2, 0.25) is 0 Å². The molecular weight excluding hydrogens is 560 g/mol. The Hall–Kier alpha value is -2.91.